The Bertz CT molecular complexity index is 2860. The van der Waals surface area contributed by atoms with Crippen molar-refractivity contribution in [3.8, 4) is 0 Å². The summed E-state index contributed by atoms with van der Waals surface area (Å²) in [7, 11) is 9.54. The van der Waals surface area contributed by atoms with Crippen LogP contribution in [-0.2, 0) is 71.8 Å². The van der Waals surface area contributed by atoms with Crippen molar-refractivity contribution < 1.29 is 65.9 Å². The predicted octanol–water partition coefficient (Wildman–Crippen LogP) is 4.78. The van der Waals surface area contributed by atoms with Gasteiger partial charge in [-0.25, -0.2) is 0 Å². The van der Waals surface area contributed by atoms with Crippen LogP contribution in [0, 0.1) is 23.7 Å². The quantitative estimate of drug-likeness (QED) is 0.225. The second-order valence-electron chi connectivity index (χ2n) is 25.8. The van der Waals surface area contributed by atoms with Crippen LogP contribution in [0.15, 0.2) is 48.5 Å². The molecule has 502 valence electrons. The van der Waals surface area contributed by atoms with Crippen molar-refractivity contribution in [2.45, 2.75) is 175 Å². The molecule has 2 aromatic rings. The third-order valence-electron chi connectivity index (χ3n) is 16.4. The van der Waals surface area contributed by atoms with Gasteiger partial charge in [0.05, 0.1) is 25.2 Å². The molecule has 90 heavy (non-hydrogen) atoms. The zero-order chi connectivity index (χ0) is 68.6. The molecular formula is C64H97ClF3N11O11. The van der Waals surface area contributed by atoms with Crippen LogP contribution in [-0.4, -0.2) is 216 Å². The van der Waals surface area contributed by atoms with E-state index in [1.807, 2.05) is 20.8 Å². The molecule has 0 aliphatic carbocycles. The number of alkyl halides is 3. The summed E-state index contributed by atoms with van der Waals surface area (Å²) in [6.07, 6.45) is -4.65. The number of hydrogen-bond donors (Lipinski definition) is 4. The van der Waals surface area contributed by atoms with Crippen LogP contribution in [0.25, 0.3) is 0 Å². The van der Waals surface area contributed by atoms with E-state index in [0.717, 1.165) is 36.6 Å². The number of amides is 11. The van der Waals surface area contributed by atoms with Gasteiger partial charge in [-0.1, -0.05) is 97.7 Å². The molecule has 11 amide bonds. The molecular weight excluding hydrogens is 1190 g/mol. The molecule has 3 rings (SSSR count). The van der Waals surface area contributed by atoms with Crippen LogP contribution < -0.4 is 21.3 Å². The van der Waals surface area contributed by atoms with Crippen LogP contribution in [0.3, 0.4) is 0 Å². The minimum absolute atomic E-state index is 0.0399. The maximum atomic E-state index is 14.9. The third-order valence-corrected chi connectivity index (χ3v) is 16.6. The van der Waals surface area contributed by atoms with Gasteiger partial charge in [0.2, 0.25) is 65.0 Å². The molecule has 0 aromatic heterocycles. The van der Waals surface area contributed by atoms with Crippen LogP contribution in [0.2, 0.25) is 5.02 Å². The van der Waals surface area contributed by atoms with E-state index in [-0.39, 0.29) is 50.4 Å². The normalized spacial score (nSPS) is 23.8. The van der Waals surface area contributed by atoms with Crippen molar-refractivity contribution >= 4 is 76.6 Å². The van der Waals surface area contributed by atoms with Crippen LogP contribution in [0.1, 0.15) is 125 Å². The fraction of sp³-hybridized carbons (Fsp3) is 0.641. The molecule has 26 heteroatoms. The number of likely N-dealkylation sites (N-methyl/N-ethyl adjacent to an activating group) is 7. The minimum Gasteiger partial charge on any atom is -0.351 e. The second-order valence-corrected chi connectivity index (χ2v) is 26.2. The lowest BCUT2D eigenvalue weighted by atomic mass is 9.95. The van der Waals surface area contributed by atoms with Crippen molar-refractivity contribution in [2.24, 2.45) is 23.7 Å². The minimum atomic E-state index is -4.63. The number of nitrogens with zero attached hydrogens (tertiary/aromatic N) is 7. The molecule has 0 bridgehead atoms. The second kappa shape index (κ2) is 33.7. The van der Waals surface area contributed by atoms with E-state index in [9.17, 15) is 65.9 Å². The van der Waals surface area contributed by atoms with Gasteiger partial charge in [-0.05, 0) is 106 Å². The zero-order valence-corrected chi connectivity index (χ0v) is 56.4. The standard InChI is InChI=1S/C64H97ClF3N11O11/c1-19-40(8)54-61(89)75(14)35-52(82)73(12)36-53(83)76(15)49(33-43-22-27-45(65)28-23-43)60(88)74(13)34-50(80)70-46(29-24-42-20-25-44(26-21-42)64(66,67)68)59(87)77(16)48(31-38(4)5)57(85)72-63(10,11)62(90)78(17)47(30-37(2)3)56(84)69-41(9)32-51(81)79(18)55(39(6)7)58(86)71-54/h20-23,25-28,37-41,46-49,54-55H,19,24,29-36H2,1-18H3,(H,69,84)(H,70,80)(H,71,86)(H,72,85)/t40-,41+,46-,47-,48+,49-,54-,55-/m0/s1. The topological polar surface area (TPSA) is 259 Å². The monoisotopic (exact) mass is 1290 g/mol. The summed E-state index contributed by atoms with van der Waals surface area (Å²) in [5.74, 6) is -9.01. The number of rotatable bonds is 12. The van der Waals surface area contributed by atoms with Gasteiger partial charge in [0.15, 0.2) is 0 Å². The van der Waals surface area contributed by atoms with Crippen molar-refractivity contribution in [2.75, 3.05) is 69.0 Å². The van der Waals surface area contributed by atoms with Crippen molar-refractivity contribution in [1.29, 1.82) is 0 Å². The number of nitrogens with one attached hydrogen (secondary N) is 4. The van der Waals surface area contributed by atoms with Gasteiger partial charge in [-0.15, -0.1) is 0 Å². The lowest BCUT2D eigenvalue weighted by molar-refractivity contribution is -0.149. The van der Waals surface area contributed by atoms with E-state index in [2.05, 4.69) is 21.3 Å². The van der Waals surface area contributed by atoms with Gasteiger partial charge in [0, 0.05) is 73.2 Å². The highest BCUT2D eigenvalue weighted by Gasteiger charge is 2.43. The molecule has 1 heterocycles. The average Bonchev–Trinajstić information content (AvgIpc) is 1.70. The Morgan fingerprint density at radius 3 is 1.62 bits per heavy atom. The van der Waals surface area contributed by atoms with Crippen LogP contribution in [0.5, 0.6) is 0 Å². The molecule has 0 saturated carbocycles. The van der Waals surface area contributed by atoms with Gasteiger partial charge in [-0.2, -0.15) is 13.2 Å². The van der Waals surface area contributed by atoms with Crippen LogP contribution in [0.4, 0.5) is 13.2 Å². The van der Waals surface area contributed by atoms with E-state index in [4.69, 9.17) is 11.6 Å². The number of carbonyl (C=O) groups excluding carboxylic acids is 11. The molecule has 1 aliphatic rings. The number of benzene rings is 2. The molecule has 1 saturated heterocycles. The lowest BCUT2D eigenvalue weighted by Crippen LogP contribution is -2.63. The molecule has 1 aliphatic heterocycles. The van der Waals surface area contributed by atoms with Gasteiger partial charge < -0.3 is 55.6 Å². The Morgan fingerprint density at radius 2 is 1.10 bits per heavy atom. The molecule has 0 radical (unpaired) electrons. The maximum Gasteiger partial charge on any atom is 0.416 e. The lowest BCUT2D eigenvalue weighted by Gasteiger charge is -2.38. The molecule has 2 aromatic carbocycles. The van der Waals surface area contributed by atoms with E-state index in [1.54, 1.807) is 65.8 Å². The molecule has 22 nitrogen and oxygen atoms in total. The van der Waals surface area contributed by atoms with E-state index in [0.29, 0.717) is 22.6 Å². The van der Waals surface area contributed by atoms with Gasteiger partial charge >= 0.3 is 6.18 Å². The van der Waals surface area contributed by atoms with E-state index in [1.165, 1.54) is 85.1 Å². The highest BCUT2D eigenvalue weighted by atomic mass is 35.5. The Hall–Kier alpha value is -7.31. The molecule has 0 unspecified atom stereocenters. The van der Waals surface area contributed by atoms with Crippen molar-refractivity contribution in [3.63, 3.8) is 0 Å². The Balaban J connectivity index is 2.22. The molecule has 8 atom stereocenters. The highest BCUT2D eigenvalue weighted by Crippen LogP contribution is 2.30. The summed E-state index contributed by atoms with van der Waals surface area (Å²) in [4.78, 5) is 166. The third kappa shape index (κ3) is 22.0. The first-order valence-electron chi connectivity index (χ1n) is 30.5. The van der Waals surface area contributed by atoms with Crippen molar-refractivity contribution in [1.82, 2.24) is 55.6 Å². The SMILES string of the molecule is CC[C@H](C)[C@@H]1NC(=O)[C@H](C(C)C)N(C)C(=O)C[C@@H](C)NC(=O)[C@H](CC(C)C)N(C)C(=O)C(C)(C)NC(=O)[C@@H](CC(C)C)N(C)C(=O)[C@H](CCc2ccc(C(F)(F)F)cc2)NC(=O)CN(C)C(=O)[C@H](Cc2ccc(Cl)cc2)N(C)C(=O)CN(C)C(=O)CN(C)C1=O. The number of aryl methyl sites for hydroxylation is 1. The first kappa shape index (κ1) is 76.9. The fourth-order valence-corrected chi connectivity index (χ4v) is 10.8. The number of halogens is 4. The van der Waals surface area contributed by atoms with Gasteiger partial charge in [0.25, 0.3) is 0 Å². The average molecular weight is 1290 g/mol. The van der Waals surface area contributed by atoms with E-state index < -0.39 is 156 Å². The Kier molecular flexibility index (Phi) is 28.8. The summed E-state index contributed by atoms with van der Waals surface area (Å²) in [6.45, 7) is 17.0. The van der Waals surface area contributed by atoms with Crippen LogP contribution >= 0.6 is 11.6 Å². The number of carbonyl (C=O) groups is 11. The summed E-state index contributed by atoms with van der Waals surface area (Å²) in [5, 5.41) is 11.5. The summed E-state index contributed by atoms with van der Waals surface area (Å²) in [5.41, 5.74) is -1.70. The van der Waals surface area contributed by atoms with Crippen molar-refractivity contribution in [3.05, 3.63) is 70.2 Å². The Morgan fingerprint density at radius 1 is 0.578 bits per heavy atom. The predicted molar refractivity (Wildman–Crippen MR) is 336 cm³/mol. The Labute approximate surface area is 534 Å². The summed E-state index contributed by atoms with van der Waals surface area (Å²) < 4.78 is 40.8. The summed E-state index contributed by atoms with van der Waals surface area (Å²) >= 11 is 6.20. The van der Waals surface area contributed by atoms with Gasteiger partial charge in [-0.3, -0.25) is 52.7 Å². The first-order chi connectivity index (χ1) is 41.6. The molecule has 1 fully saturated rings. The highest BCUT2D eigenvalue weighted by molar-refractivity contribution is 6.30. The molecule has 0 spiro atoms. The van der Waals surface area contributed by atoms with E-state index >= 15 is 0 Å². The molecule has 4 N–H and O–H groups in total. The zero-order valence-electron chi connectivity index (χ0n) is 55.7. The van der Waals surface area contributed by atoms with Gasteiger partial charge in [0.1, 0.15) is 41.8 Å². The first-order valence-corrected chi connectivity index (χ1v) is 30.9. The smallest absolute Gasteiger partial charge is 0.351 e. The maximum absolute atomic E-state index is 14.9. The largest absolute Gasteiger partial charge is 0.416 e. The fourth-order valence-electron chi connectivity index (χ4n) is 10.7. The summed E-state index contributed by atoms with van der Waals surface area (Å²) in [6, 6.07) is 2.41. The number of hydrogen-bond acceptors (Lipinski definition) is 11.